The zero-order valence-corrected chi connectivity index (χ0v) is 15.6. The Morgan fingerprint density at radius 1 is 1.34 bits per heavy atom. The third-order valence-electron chi connectivity index (χ3n) is 5.11. The Morgan fingerprint density at radius 3 is 2.90 bits per heavy atom. The number of benzene rings is 1. The molecule has 3 aliphatic rings. The van der Waals surface area contributed by atoms with E-state index in [1.54, 1.807) is 18.2 Å². The number of carbonyl (C=O) groups excluding carboxylic acids is 3. The second-order valence-corrected chi connectivity index (χ2v) is 6.90. The SMILES string of the molecule is COC(=O)NC[C@H]1CN(c2ccc(N3C[C@@H]4OC(=O)N[C@@H]4C3)c(C#N)c2)C(=O)O1. The first-order chi connectivity index (χ1) is 14.0. The molecule has 3 aliphatic heterocycles. The highest BCUT2D eigenvalue weighted by atomic mass is 16.6. The molecule has 4 rings (SSSR count). The number of hydrogen-bond donors (Lipinski definition) is 2. The van der Waals surface area contributed by atoms with Gasteiger partial charge in [0.15, 0.2) is 0 Å². The van der Waals surface area contributed by atoms with Gasteiger partial charge in [0, 0.05) is 12.2 Å². The molecule has 11 heteroatoms. The van der Waals surface area contributed by atoms with Gasteiger partial charge in [-0.05, 0) is 18.2 Å². The summed E-state index contributed by atoms with van der Waals surface area (Å²) in [5, 5.41) is 14.8. The molecule has 0 saturated carbocycles. The summed E-state index contributed by atoms with van der Waals surface area (Å²) >= 11 is 0. The highest BCUT2D eigenvalue weighted by Crippen LogP contribution is 2.32. The zero-order chi connectivity index (χ0) is 20.5. The van der Waals surface area contributed by atoms with E-state index in [-0.39, 0.29) is 25.2 Å². The van der Waals surface area contributed by atoms with Gasteiger partial charge in [-0.2, -0.15) is 5.26 Å². The Morgan fingerprint density at radius 2 is 2.17 bits per heavy atom. The van der Waals surface area contributed by atoms with Crippen LogP contribution >= 0.6 is 0 Å². The van der Waals surface area contributed by atoms with E-state index in [1.807, 2.05) is 4.90 Å². The normalized spacial score (nSPS) is 25.0. The lowest BCUT2D eigenvalue weighted by atomic mass is 10.1. The molecular weight excluding hydrogens is 382 g/mol. The molecule has 11 nitrogen and oxygen atoms in total. The predicted octanol–water partition coefficient (Wildman–Crippen LogP) is 0.536. The van der Waals surface area contributed by atoms with Gasteiger partial charge in [0.05, 0.1) is 44.0 Å². The highest BCUT2D eigenvalue weighted by molar-refractivity contribution is 5.90. The molecule has 3 heterocycles. The van der Waals surface area contributed by atoms with Crippen LogP contribution in [0.2, 0.25) is 0 Å². The minimum Gasteiger partial charge on any atom is -0.453 e. The van der Waals surface area contributed by atoms with Crippen LogP contribution in [-0.2, 0) is 14.2 Å². The molecule has 152 valence electrons. The molecular formula is C18H19N5O6. The lowest BCUT2D eigenvalue weighted by Gasteiger charge is -2.22. The molecule has 0 aromatic heterocycles. The van der Waals surface area contributed by atoms with Crippen molar-refractivity contribution >= 4 is 29.7 Å². The molecule has 0 aliphatic carbocycles. The van der Waals surface area contributed by atoms with Crippen molar-refractivity contribution in [3.05, 3.63) is 23.8 Å². The predicted molar refractivity (Wildman–Crippen MR) is 98.6 cm³/mol. The van der Waals surface area contributed by atoms with E-state index in [1.165, 1.54) is 12.0 Å². The van der Waals surface area contributed by atoms with E-state index in [0.29, 0.717) is 30.0 Å². The fourth-order valence-electron chi connectivity index (χ4n) is 3.72. The number of amides is 3. The van der Waals surface area contributed by atoms with Crippen LogP contribution in [0.4, 0.5) is 25.8 Å². The molecule has 0 unspecified atom stereocenters. The number of rotatable bonds is 4. The second kappa shape index (κ2) is 7.38. The number of fused-ring (bicyclic) bond motifs is 1. The molecule has 0 radical (unpaired) electrons. The molecule has 1 aromatic rings. The number of anilines is 2. The van der Waals surface area contributed by atoms with E-state index in [4.69, 9.17) is 9.47 Å². The number of ether oxygens (including phenoxy) is 3. The summed E-state index contributed by atoms with van der Waals surface area (Å²) in [4.78, 5) is 38.1. The van der Waals surface area contributed by atoms with Gasteiger partial charge >= 0.3 is 18.3 Å². The molecule has 3 saturated heterocycles. The van der Waals surface area contributed by atoms with E-state index in [0.717, 1.165) is 0 Å². The summed E-state index contributed by atoms with van der Waals surface area (Å²) in [6.07, 6.45) is -2.34. The zero-order valence-electron chi connectivity index (χ0n) is 15.6. The Balaban J connectivity index is 1.46. The van der Waals surface area contributed by atoms with Crippen molar-refractivity contribution in [2.24, 2.45) is 0 Å². The lowest BCUT2D eigenvalue weighted by Crippen LogP contribution is -2.34. The Hall–Kier alpha value is -3.68. The lowest BCUT2D eigenvalue weighted by molar-refractivity contribution is 0.132. The van der Waals surface area contributed by atoms with Crippen molar-refractivity contribution in [3.8, 4) is 6.07 Å². The Bertz CT molecular complexity index is 883. The van der Waals surface area contributed by atoms with Gasteiger partial charge in [0.2, 0.25) is 0 Å². The van der Waals surface area contributed by atoms with Gasteiger partial charge < -0.3 is 29.7 Å². The van der Waals surface area contributed by atoms with Crippen LogP contribution in [-0.4, -0.2) is 69.8 Å². The molecule has 0 spiro atoms. The number of cyclic esters (lactones) is 1. The number of nitriles is 1. The summed E-state index contributed by atoms with van der Waals surface area (Å²) in [6, 6.07) is 7.19. The maximum atomic E-state index is 12.2. The van der Waals surface area contributed by atoms with Gasteiger partial charge in [0.1, 0.15) is 18.3 Å². The van der Waals surface area contributed by atoms with Crippen LogP contribution in [0.1, 0.15) is 5.56 Å². The van der Waals surface area contributed by atoms with Crippen molar-refractivity contribution in [1.29, 1.82) is 5.26 Å². The summed E-state index contributed by atoms with van der Waals surface area (Å²) in [7, 11) is 1.25. The first kappa shape index (κ1) is 18.7. The Labute approximate surface area is 166 Å². The summed E-state index contributed by atoms with van der Waals surface area (Å²) in [6.45, 7) is 1.39. The monoisotopic (exact) mass is 401 g/mol. The van der Waals surface area contributed by atoms with Crippen molar-refractivity contribution < 1.29 is 28.6 Å². The van der Waals surface area contributed by atoms with Gasteiger partial charge in [-0.3, -0.25) is 4.90 Å². The van der Waals surface area contributed by atoms with Crippen LogP contribution in [0.3, 0.4) is 0 Å². The van der Waals surface area contributed by atoms with E-state index in [2.05, 4.69) is 21.4 Å². The molecule has 3 fully saturated rings. The first-order valence-corrected chi connectivity index (χ1v) is 9.04. The summed E-state index contributed by atoms with van der Waals surface area (Å²) < 4.78 is 15.0. The van der Waals surface area contributed by atoms with Gasteiger partial charge in [-0.25, -0.2) is 14.4 Å². The molecule has 0 bridgehead atoms. The van der Waals surface area contributed by atoms with Crippen LogP contribution < -0.4 is 20.4 Å². The number of nitrogens with one attached hydrogen (secondary N) is 2. The molecule has 3 atom stereocenters. The smallest absolute Gasteiger partial charge is 0.414 e. The van der Waals surface area contributed by atoms with E-state index in [9.17, 15) is 19.6 Å². The number of carbonyl (C=O) groups is 3. The van der Waals surface area contributed by atoms with Crippen molar-refractivity contribution in [2.75, 3.05) is 43.1 Å². The largest absolute Gasteiger partial charge is 0.453 e. The van der Waals surface area contributed by atoms with Gasteiger partial charge in [0.25, 0.3) is 0 Å². The maximum Gasteiger partial charge on any atom is 0.414 e. The molecule has 3 amide bonds. The van der Waals surface area contributed by atoms with Crippen molar-refractivity contribution in [3.63, 3.8) is 0 Å². The van der Waals surface area contributed by atoms with Crippen LogP contribution in [0, 0.1) is 11.3 Å². The summed E-state index contributed by atoms with van der Waals surface area (Å²) in [5.74, 6) is 0. The third-order valence-corrected chi connectivity index (χ3v) is 5.11. The topological polar surface area (TPSA) is 133 Å². The quantitative estimate of drug-likeness (QED) is 0.699. The molecule has 29 heavy (non-hydrogen) atoms. The number of methoxy groups -OCH3 is 1. The standard InChI is InChI=1S/C18H19N5O6/c1-27-16(24)20-6-12-7-23(18(26)28-12)11-2-3-14(10(4-11)5-19)22-8-13-15(9-22)29-17(25)21-13/h2-4,12-13,15H,6-9H2,1H3,(H,20,24)(H,21,25)/t12-,13+,15-/m0/s1. The molecule has 1 aromatic carbocycles. The van der Waals surface area contributed by atoms with Crippen LogP contribution in [0.5, 0.6) is 0 Å². The third kappa shape index (κ3) is 3.56. The molecule has 2 N–H and O–H groups in total. The van der Waals surface area contributed by atoms with E-state index >= 15 is 0 Å². The average molecular weight is 401 g/mol. The minimum absolute atomic E-state index is 0.106. The maximum absolute atomic E-state index is 12.2. The number of nitrogens with zero attached hydrogens (tertiary/aromatic N) is 3. The van der Waals surface area contributed by atoms with E-state index < -0.39 is 24.4 Å². The average Bonchev–Trinajstić information content (AvgIpc) is 3.37. The fourth-order valence-corrected chi connectivity index (χ4v) is 3.72. The van der Waals surface area contributed by atoms with Crippen LogP contribution in [0.25, 0.3) is 0 Å². The summed E-state index contributed by atoms with van der Waals surface area (Å²) in [5.41, 5.74) is 1.64. The first-order valence-electron chi connectivity index (χ1n) is 9.04. The fraction of sp³-hybridized carbons (Fsp3) is 0.444. The number of alkyl carbamates (subject to hydrolysis) is 2. The second-order valence-electron chi connectivity index (χ2n) is 6.90. The van der Waals surface area contributed by atoms with Crippen LogP contribution in [0.15, 0.2) is 18.2 Å². The minimum atomic E-state index is -0.605. The Kier molecular flexibility index (Phi) is 4.75. The highest BCUT2D eigenvalue weighted by Gasteiger charge is 2.42. The number of hydrogen-bond acceptors (Lipinski definition) is 8. The van der Waals surface area contributed by atoms with Crippen molar-refractivity contribution in [2.45, 2.75) is 18.2 Å². The van der Waals surface area contributed by atoms with Gasteiger partial charge in [-0.15, -0.1) is 0 Å². The van der Waals surface area contributed by atoms with Crippen molar-refractivity contribution in [1.82, 2.24) is 10.6 Å². The van der Waals surface area contributed by atoms with Gasteiger partial charge in [-0.1, -0.05) is 0 Å².